The molecule has 0 aliphatic heterocycles. The van der Waals surface area contributed by atoms with E-state index >= 15 is 0 Å². The Balaban J connectivity index is 2.13. The Bertz CT molecular complexity index is 570. The molecule has 106 valence electrons. The van der Waals surface area contributed by atoms with Crippen molar-refractivity contribution in [1.82, 2.24) is 0 Å². The van der Waals surface area contributed by atoms with E-state index in [1.54, 1.807) is 17.4 Å². The molecule has 20 heavy (non-hydrogen) atoms. The fourth-order valence-corrected chi connectivity index (χ4v) is 2.31. The first kappa shape index (κ1) is 14.3. The van der Waals surface area contributed by atoms with Crippen molar-refractivity contribution in [3.8, 4) is 5.75 Å². The van der Waals surface area contributed by atoms with Gasteiger partial charge in [0, 0.05) is 29.2 Å². The van der Waals surface area contributed by atoms with Crippen LogP contribution in [0.1, 0.15) is 18.2 Å². The maximum atomic E-state index is 10.9. The molecule has 1 aromatic heterocycles. The number of benzene rings is 1. The molecule has 2 aromatic rings. The van der Waals surface area contributed by atoms with Crippen LogP contribution in [0.2, 0.25) is 0 Å². The number of nitro groups is 1. The molecule has 1 heterocycles. The average molecular weight is 292 g/mol. The molecule has 0 radical (unpaired) electrons. The number of hydrogen-bond donors (Lipinski definition) is 1. The van der Waals surface area contributed by atoms with Gasteiger partial charge in [0.1, 0.15) is 12.4 Å². The minimum Gasteiger partial charge on any atom is -0.488 e. The van der Waals surface area contributed by atoms with E-state index < -0.39 is 4.92 Å². The molecular weight excluding hydrogens is 276 g/mol. The van der Waals surface area contributed by atoms with Gasteiger partial charge in [0.05, 0.1) is 11.0 Å². The molecule has 5 nitrogen and oxygen atoms in total. The van der Waals surface area contributed by atoms with Gasteiger partial charge in [-0.15, -0.1) is 11.3 Å². The predicted molar refractivity (Wildman–Crippen MR) is 80.5 cm³/mol. The fraction of sp³-hybridized carbons (Fsp3) is 0.286. The highest BCUT2D eigenvalue weighted by Gasteiger charge is 2.10. The smallest absolute Gasteiger partial charge is 0.275 e. The van der Waals surface area contributed by atoms with E-state index in [9.17, 15) is 10.1 Å². The lowest BCUT2D eigenvalue weighted by atomic mass is 10.2. The summed E-state index contributed by atoms with van der Waals surface area (Å²) in [6, 6.07) is 8.68. The number of thiophene rings is 1. The van der Waals surface area contributed by atoms with Crippen LogP contribution < -0.4 is 10.1 Å². The van der Waals surface area contributed by atoms with Gasteiger partial charge >= 0.3 is 0 Å². The SMILES string of the molecule is CCCNc1cc(OCc2cccs2)cc([N+](=O)[O-])c1. The summed E-state index contributed by atoms with van der Waals surface area (Å²) >= 11 is 1.60. The lowest BCUT2D eigenvalue weighted by Crippen LogP contribution is -2.02. The van der Waals surface area contributed by atoms with E-state index in [0.717, 1.165) is 17.8 Å². The molecule has 1 N–H and O–H groups in total. The van der Waals surface area contributed by atoms with Crippen LogP contribution in [0.25, 0.3) is 0 Å². The number of anilines is 1. The van der Waals surface area contributed by atoms with Crippen LogP contribution >= 0.6 is 11.3 Å². The molecule has 0 bridgehead atoms. The summed E-state index contributed by atoms with van der Waals surface area (Å²) in [4.78, 5) is 11.6. The number of nitrogens with zero attached hydrogens (tertiary/aromatic N) is 1. The summed E-state index contributed by atoms with van der Waals surface area (Å²) in [6.45, 7) is 3.23. The monoisotopic (exact) mass is 292 g/mol. The van der Waals surface area contributed by atoms with E-state index in [1.807, 2.05) is 24.4 Å². The van der Waals surface area contributed by atoms with Gasteiger partial charge in [-0.3, -0.25) is 10.1 Å². The number of nitro benzene ring substituents is 1. The molecule has 0 spiro atoms. The predicted octanol–water partition coefficient (Wildman–Crippen LogP) is 4.06. The number of ether oxygens (including phenoxy) is 1. The highest BCUT2D eigenvalue weighted by atomic mass is 32.1. The van der Waals surface area contributed by atoms with Crippen LogP contribution in [0.3, 0.4) is 0 Å². The lowest BCUT2D eigenvalue weighted by molar-refractivity contribution is -0.384. The largest absolute Gasteiger partial charge is 0.488 e. The Morgan fingerprint density at radius 1 is 1.40 bits per heavy atom. The van der Waals surface area contributed by atoms with Crippen molar-refractivity contribution in [2.24, 2.45) is 0 Å². The maximum absolute atomic E-state index is 10.9. The zero-order valence-electron chi connectivity index (χ0n) is 11.2. The van der Waals surface area contributed by atoms with Crippen molar-refractivity contribution >= 4 is 22.7 Å². The first-order chi connectivity index (χ1) is 9.69. The zero-order chi connectivity index (χ0) is 14.4. The molecule has 1 aromatic carbocycles. The summed E-state index contributed by atoms with van der Waals surface area (Å²) in [6.07, 6.45) is 0.952. The molecule has 0 aliphatic rings. The summed E-state index contributed by atoms with van der Waals surface area (Å²) in [5.74, 6) is 0.506. The van der Waals surface area contributed by atoms with Gasteiger partial charge < -0.3 is 10.1 Å². The molecular formula is C14H16N2O3S. The molecule has 0 aliphatic carbocycles. The molecule has 0 atom stereocenters. The topological polar surface area (TPSA) is 64.4 Å². The minimum atomic E-state index is -0.408. The van der Waals surface area contributed by atoms with Crippen LogP contribution in [-0.2, 0) is 6.61 Å². The van der Waals surface area contributed by atoms with Crippen molar-refractivity contribution in [3.63, 3.8) is 0 Å². The van der Waals surface area contributed by atoms with Crippen LogP contribution in [-0.4, -0.2) is 11.5 Å². The second-order valence-electron chi connectivity index (χ2n) is 4.27. The lowest BCUT2D eigenvalue weighted by Gasteiger charge is -2.09. The van der Waals surface area contributed by atoms with E-state index in [4.69, 9.17) is 4.74 Å². The zero-order valence-corrected chi connectivity index (χ0v) is 12.0. The number of rotatable bonds is 7. The molecule has 0 fully saturated rings. The van der Waals surface area contributed by atoms with Crippen LogP contribution in [0.5, 0.6) is 5.75 Å². The summed E-state index contributed by atoms with van der Waals surface area (Å²) in [7, 11) is 0. The van der Waals surface area contributed by atoms with Gasteiger partial charge in [0.2, 0.25) is 0 Å². The highest BCUT2D eigenvalue weighted by Crippen LogP contribution is 2.27. The van der Waals surface area contributed by atoms with Gasteiger partial charge in [0.15, 0.2) is 0 Å². The second-order valence-corrected chi connectivity index (χ2v) is 5.30. The van der Waals surface area contributed by atoms with E-state index in [1.165, 1.54) is 12.1 Å². The van der Waals surface area contributed by atoms with Crippen LogP contribution in [0, 0.1) is 10.1 Å². The van der Waals surface area contributed by atoms with Gasteiger partial charge in [-0.05, 0) is 17.9 Å². The van der Waals surface area contributed by atoms with Gasteiger partial charge in [0.25, 0.3) is 5.69 Å². The third-order valence-corrected chi connectivity index (χ3v) is 3.49. The number of non-ortho nitro benzene ring substituents is 1. The third-order valence-electron chi connectivity index (χ3n) is 2.64. The Hall–Kier alpha value is -2.08. The first-order valence-corrected chi connectivity index (χ1v) is 7.25. The maximum Gasteiger partial charge on any atom is 0.275 e. The van der Waals surface area contributed by atoms with E-state index in [-0.39, 0.29) is 5.69 Å². The number of nitrogens with one attached hydrogen (secondary N) is 1. The van der Waals surface area contributed by atoms with Crippen LogP contribution in [0.4, 0.5) is 11.4 Å². The van der Waals surface area contributed by atoms with Crippen molar-refractivity contribution in [2.45, 2.75) is 20.0 Å². The summed E-state index contributed by atoms with van der Waals surface area (Å²) in [5, 5.41) is 16.1. The fourth-order valence-electron chi connectivity index (χ4n) is 1.69. The standard InChI is InChI=1S/C14H16N2O3S/c1-2-5-15-11-7-12(16(17)18)9-13(8-11)19-10-14-4-3-6-20-14/h3-4,6-9,15H,2,5,10H2,1H3. The molecule has 0 saturated heterocycles. The quantitative estimate of drug-likeness (QED) is 0.617. The molecule has 2 rings (SSSR count). The minimum absolute atomic E-state index is 0.0345. The van der Waals surface area contributed by atoms with Crippen molar-refractivity contribution < 1.29 is 9.66 Å². The third kappa shape index (κ3) is 3.96. The van der Waals surface area contributed by atoms with Crippen LogP contribution in [0.15, 0.2) is 35.7 Å². The van der Waals surface area contributed by atoms with Crippen molar-refractivity contribution in [3.05, 3.63) is 50.7 Å². The Labute approximate surface area is 121 Å². The van der Waals surface area contributed by atoms with Crippen molar-refractivity contribution in [1.29, 1.82) is 0 Å². The first-order valence-electron chi connectivity index (χ1n) is 6.37. The Morgan fingerprint density at radius 2 is 2.25 bits per heavy atom. The van der Waals surface area contributed by atoms with Gasteiger partial charge in [-0.1, -0.05) is 13.0 Å². The number of hydrogen-bond acceptors (Lipinski definition) is 5. The second kappa shape index (κ2) is 6.91. The summed E-state index contributed by atoms with van der Waals surface area (Å²) < 4.78 is 5.63. The normalized spacial score (nSPS) is 10.2. The van der Waals surface area contributed by atoms with Gasteiger partial charge in [-0.2, -0.15) is 0 Å². The summed E-state index contributed by atoms with van der Waals surface area (Å²) in [5.41, 5.74) is 0.745. The van der Waals surface area contributed by atoms with Gasteiger partial charge in [-0.25, -0.2) is 0 Å². The van der Waals surface area contributed by atoms with Crippen molar-refractivity contribution in [2.75, 3.05) is 11.9 Å². The Kier molecular flexibility index (Phi) is 4.95. The Morgan fingerprint density at radius 3 is 2.90 bits per heavy atom. The molecule has 0 saturated carbocycles. The highest BCUT2D eigenvalue weighted by molar-refractivity contribution is 7.09. The molecule has 0 amide bonds. The van der Waals surface area contributed by atoms with E-state index in [0.29, 0.717) is 18.0 Å². The molecule has 6 heteroatoms. The molecule has 0 unspecified atom stereocenters. The van der Waals surface area contributed by atoms with E-state index in [2.05, 4.69) is 5.32 Å². The average Bonchev–Trinajstić information content (AvgIpc) is 2.96.